The molecule has 7 heteroatoms. The van der Waals surface area contributed by atoms with Gasteiger partial charge in [-0.2, -0.15) is 5.10 Å². The number of carbonyl (C=O) groups is 1. The minimum atomic E-state index is -0.322. The van der Waals surface area contributed by atoms with Gasteiger partial charge in [0.15, 0.2) is 0 Å². The highest BCUT2D eigenvalue weighted by atomic mass is 35.5. The molecule has 132 valence electrons. The summed E-state index contributed by atoms with van der Waals surface area (Å²) in [5, 5.41) is 7.46. The normalized spacial score (nSPS) is 10.4. The monoisotopic (exact) mass is 369 g/mol. The van der Waals surface area contributed by atoms with Gasteiger partial charge in [0.1, 0.15) is 5.75 Å². The van der Waals surface area contributed by atoms with Gasteiger partial charge in [0.05, 0.1) is 18.4 Å². The molecule has 0 spiro atoms. The third-order valence-electron chi connectivity index (χ3n) is 3.81. The van der Waals surface area contributed by atoms with E-state index in [1.165, 1.54) is 17.9 Å². The molecule has 1 amide bonds. The summed E-state index contributed by atoms with van der Waals surface area (Å²) < 4.78 is 6.48. The molecule has 0 aliphatic carbocycles. The molecule has 3 aromatic rings. The van der Waals surface area contributed by atoms with Crippen molar-refractivity contribution in [2.75, 3.05) is 12.4 Å². The molecule has 1 heterocycles. The molecular formula is C19H16ClN3O3. The highest BCUT2D eigenvalue weighted by Gasteiger charge is 2.13. The number of hydrogen-bond acceptors (Lipinski definition) is 4. The van der Waals surface area contributed by atoms with Crippen molar-refractivity contribution >= 4 is 23.2 Å². The minimum absolute atomic E-state index is 0.173. The topological polar surface area (TPSA) is 73.2 Å². The lowest BCUT2D eigenvalue weighted by atomic mass is 10.1. The fraction of sp³-hybridized carbons (Fsp3) is 0.105. The molecule has 6 nitrogen and oxygen atoms in total. The summed E-state index contributed by atoms with van der Waals surface area (Å²) in [6, 6.07) is 15.1. The van der Waals surface area contributed by atoms with Crippen molar-refractivity contribution in [1.29, 1.82) is 0 Å². The maximum atomic E-state index is 12.5. The molecule has 0 atom stereocenters. The van der Waals surface area contributed by atoms with Crippen LogP contribution < -0.4 is 15.6 Å². The fourth-order valence-corrected chi connectivity index (χ4v) is 2.61. The number of amides is 1. The van der Waals surface area contributed by atoms with Gasteiger partial charge in [0, 0.05) is 29.4 Å². The van der Waals surface area contributed by atoms with Crippen LogP contribution in [0.2, 0.25) is 5.02 Å². The van der Waals surface area contributed by atoms with Crippen LogP contribution in [0.5, 0.6) is 5.75 Å². The number of ether oxygens (including phenoxy) is 1. The van der Waals surface area contributed by atoms with E-state index in [9.17, 15) is 9.59 Å². The molecule has 1 N–H and O–H groups in total. The Kier molecular flexibility index (Phi) is 5.04. The summed E-state index contributed by atoms with van der Waals surface area (Å²) >= 11 is 5.97. The van der Waals surface area contributed by atoms with Crippen LogP contribution >= 0.6 is 11.6 Å². The second kappa shape index (κ2) is 7.41. The molecular weight excluding hydrogens is 354 g/mol. The summed E-state index contributed by atoms with van der Waals surface area (Å²) in [6.07, 6.45) is 0. The largest absolute Gasteiger partial charge is 0.496 e. The number of rotatable bonds is 4. The standard InChI is InChI=1S/C19H16ClN3O3/c1-23-18(24)10-8-16(22-23)12-3-6-14(7-4-12)21-19(25)15-11-13(20)5-9-17(15)26-2/h3-11H,1-2H3,(H,21,25). The number of nitrogens with one attached hydrogen (secondary N) is 1. The second-order valence-electron chi connectivity index (χ2n) is 5.56. The Labute approximate surface area is 155 Å². The number of methoxy groups -OCH3 is 1. The highest BCUT2D eigenvalue weighted by molar-refractivity contribution is 6.31. The molecule has 2 aromatic carbocycles. The van der Waals surface area contributed by atoms with E-state index in [1.54, 1.807) is 43.4 Å². The zero-order chi connectivity index (χ0) is 18.7. The van der Waals surface area contributed by atoms with Crippen LogP contribution in [-0.2, 0) is 7.05 Å². The number of carbonyl (C=O) groups excluding carboxylic acids is 1. The molecule has 0 fully saturated rings. The first-order chi connectivity index (χ1) is 12.5. The molecule has 3 rings (SSSR count). The van der Waals surface area contributed by atoms with Gasteiger partial charge in [-0.25, -0.2) is 4.68 Å². The number of anilines is 1. The van der Waals surface area contributed by atoms with E-state index in [4.69, 9.17) is 16.3 Å². The molecule has 0 aliphatic rings. The summed E-state index contributed by atoms with van der Waals surface area (Å²) in [5.74, 6) is 0.121. The molecule has 26 heavy (non-hydrogen) atoms. The number of benzene rings is 2. The van der Waals surface area contributed by atoms with E-state index < -0.39 is 0 Å². The third-order valence-corrected chi connectivity index (χ3v) is 4.04. The number of halogens is 1. The average Bonchev–Trinajstić information content (AvgIpc) is 2.64. The van der Waals surface area contributed by atoms with Gasteiger partial charge < -0.3 is 10.1 Å². The Hall–Kier alpha value is -3.12. The Balaban J connectivity index is 1.81. The molecule has 0 saturated carbocycles. The van der Waals surface area contributed by atoms with Gasteiger partial charge in [0.2, 0.25) is 0 Å². The minimum Gasteiger partial charge on any atom is -0.496 e. The predicted octanol–water partition coefficient (Wildman–Crippen LogP) is 3.36. The van der Waals surface area contributed by atoms with Crippen molar-refractivity contribution in [2.45, 2.75) is 0 Å². The van der Waals surface area contributed by atoms with Gasteiger partial charge >= 0.3 is 0 Å². The highest BCUT2D eigenvalue weighted by Crippen LogP contribution is 2.24. The maximum Gasteiger partial charge on any atom is 0.266 e. The van der Waals surface area contributed by atoms with Crippen LogP contribution in [-0.4, -0.2) is 22.8 Å². The van der Waals surface area contributed by atoms with E-state index in [-0.39, 0.29) is 11.5 Å². The lowest BCUT2D eigenvalue weighted by Gasteiger charge is -2.10. The molecule has 0 unspecified atom stereocenters. The Morgan fingerprint density at radius 2 is 1.85 bits per heavy atom. The van der Waals surface area contributed by atoms with Crippen molar-refractivity contribution in [3.8, 4) is 17.0 Å². The number of aryl methyl sites for hydroxylation is 1. The van der Waals surface area contributed by atoms with E-state index >= 15 is 0 Å². The fourth-order valence-electron chi connectivity index (χ4n) is 2.44. The first-order valence-electron chi connectivity index (χ1n) is 7.77. The van der Waals surface area contributed by atoms with E-state index in [0.29, 0.717) is 27.7 Å². The van der Waals surface area contributed by atoms with Crippen LogP contribution in [0.15, 0.2) is 59.4 Å². The number of hydrogen-bond donors (Lipinski definition) is 1. The number of aromatic nitrogens is 2. The van der Waals surface area contributed by atoms with Crippen LogP contribution in [0.1, 0.15) is 10.4 Å². The average molecular weight is 370 g/mol. The number of nitrogens with zero attached hydrogens (tertiary/aromatic N) is 2. The quantitative estimate of drug-likeness (QED) is 0.765. The zero-order valence-corrected chi connectivity index (χ0v) is 14.9. The first kappa shape index (κ1) is 17.7. The van der Waals surface area contributed by atoms with E-state index in [0.717, 1.165) is 5.56 Å². The Morgan fingerprint density at radius 1 is 1.12 bits per heavy atom. The SMILES string of the molecule is COc1ccc(Cl)cc1C(=O)Nc1ccc(-c2ccc(=O)n(C)n2)cc1. The van der Waals surface area contributed by atoms with Crippen LogP contribution in [0.4, 0.5) is 5.69 Å². The van der Waals surface area contributed by atoms with Crippen LogP contribution in [0.25, 0.3) is 11.3 Å². The van der Waals surface area contributed by atoms with Crippen molar-refractivity contribution in [3.05, 3.63) is 75.5 Å². The van der Waals surface area contributed by atoms with E-state index in [2.05, 4.69) is 10.4 Å². The summed E-state index contributed by atoms with van der Waals surface area (Å²) in [6.45, 7) is 0. The second-order valence-corrected chi connectivity index (χ2v) is 5.99. The van der Waals surface area contributed by atoms with Crippen LogP contribution in [0.3, 0.4) is 0 Å². The van der Waals surface area contributed by atoms with Crippen molar-refractivity contribution in [1.82, 2.24) is 9.78 Å². The Bertz CT molecular complexity index is 1010. The summed E-state index contributed by atoms with van der Waals surface area (Å²) in [5.41, 5.74) is 2.29. The van der Waals surface area contributed by atoms with Gasteiger partial charge in [-0.15, -0.1) is 0 Å². The Morgan fingerprint density at radius 3 is 2.50 bits per heavy atom. The molecule has 0 radical (unpaired) electrons. The van der Waals surface area contributed by atoms with E-state index in [1.807, 2.05) is 12.1 Å². The van der Waals surface area contributed by atoms with Crippen molar-refractivity contribution < 1.29 is 9.53 Å². The van der Waals surface area contributed by atoms with Crippen LogP contribution in [0, 0.1) is 0 Å². The predicted molar refractivity (Wildman–Crippen MR) is 101 cm³/mol. The molecule has 0 saturated heterocycles. The smallest absolute Gasteiger partial charge is 0.266 e. The van der Waals surface area contributed by atoms with Crippen molar-refractivity contribution in [3.63, 3.8) is 0 Å². The lowest BCUT2D eigenvalue weighted by molar-refractivity contribution is 0.102. The zero-order valence-electron chi connectivity index (χ0n) is 14.2. The lowest BCUT2D eigenvalue weighted by Crippen LogP contribution is -2.18. The summed E-state index contributed by atoms with van der Waals surface area (Å²) in [4.78, 5) is 23.9. The third kappa shape index (κ3) is 3.75. The van der Waals surface area contributed by atoms with Gasteiger partial charge in [-0.3, -0.25) is 9.59 Å². The molecule has 0 aliphatic heterocycles. The van der Waals surface area contributed by atoms with Crippen molar-refractivity contribution in [2.24, 2.45) is 7.05 Å². The van der Waals surface area contributed by atoms with Gasteiger partial charge in [-0.1, -0.05) is 23.7 Å². The molecule has 1 aromatic heterocycles. The summed E-state index contributed by atoms with van der Waals surface area (Å²) in [7, 11) is 3.09. The first-order valence-corrected chi connectivity index (χ1v) is 8.15. The van der Waals surface area contributed by atoms with Gasteiger partial charge in [0.25, 0.3) is 11.5 Å². The maximum absolute atomic E-state index is 12.5. The molecule has 0 bridgehead atoms. The van der Waals surface area contributed by atoms with Gasteiger partial charge in [-0.05, 0) is 36.4 Å².